The van der Waals surface area contributed by atoms with Gasteiger partial charge < -0.3 is 9.64 Å². The van der Waals surface area contributed by atoms with Gasteiger partial charge in [-0.3, -0.25) is 4.79 Å². The lowest BCUT2D eigenvalue weighted by Gasteiger charge is -2.34. The Morgan fingerprint density at radius 3 is 2.86 bits per heavy atom. The number of ether oxygens (including phenoxy) is 1. The van der Waals surface area contributed by atoms with E-state index in [-0.39, 0.29) is 29.9 Å². The van der Waals surface area contributed by atoms with Crippen LogP contribution in [0, 0.1) is 0 Å². The van der Waals surface area contributed by atoms with E-state index < -0.39 is 11.9 Å². The van der Waals surface area contributed by atoms with Gasteiger partial charge in [-0.1, -0.05) is 6.07 Å². The smallest absolute Gasteiger partial charge is 0.375 e. The highest BCUT2D eigenvalue weighted by Gasteiger charge is 2.37. The molecule has 0 bridgehead atoms. The third-order valence-electron chi connectivity index (χ3n) is 4.94. The third kappa shape index (κ3) is 3.86. The highest BCUT2D eigenvalue weighted by atomic mass is 32.1. The van der Waals surface area contributed by atoms with Crippen LogP contribution >= 0.6 is 11.3 Å². The van der Waals surface area contributed by atoms with Crippen molar-refractivity contribution < 1.29 is 22.7 Å². The lowest BCUT2D eigenvalue weighted by Crippen LogP contribution is -2.40. The summed E-state index contributed by atoms with van der Waals surface area (Å²) in [6.07, 6.45) is -2.24. The second-order valence-corrected chi connectivity index (χ2v) is 7.82. The number of fused-ring (bicyclic) bond motifs is 1. The number of rotatable bonds is 4. The maximum atomic E-state index is 13.7. The summed E-state index contributed by atoms with van der Waals surface area (Å²) in [5.41, 5.74) is -0.108. The van der Waals surface area contributed by atoms with Gasteiger partial charge in [0, 0.05) is 19.7 Å². The molecule has 4 heterocycles. The number of hydrogen-bond donors (Lipinski definition) is 0. The van der Waals surface area contributed by atoms with Gasteiger partial charge in [-0.2, -0.15) is 18.3 Å². The molecule has 1 aliphatic heterocycles. The highest BCUT2D eigenvalue weighted by molar-refractivity contribution is 7.13. The molecular formula is C19H19F3N4O2S. The minimum absolute atomic E-state index is 0.0710. The fourth-order valence-corrected chi connectivity index (χ4v) is 4.34. The van der Waals surface area contributed by atoms with Crippen molar-refractivity contribution in [3.63, 3.8) is 0 Å². The van der Waals surface area contributed by atoms with E-state index in [1.807, 2.05) is 0 Å². The molecule has 1 fully saturated rings. The van der Waals surface area contributed by atoms with Gasteiger partial charge in [0.1, 0.15) is 6.61 Å². The molecule has 1 atom stereocenters. The molecule has 0 saturated carbocycles. The van der Waals surface area contributed by atoms with E-state index in [0.717, 1.165) is 23.4 Å². The molecule has 4 rings (SSSR count). The zero-order chi connectivity index (χ0) is 20.6. The Hall–Kier alpha value is -2.46. The molecule has 154 valence electrons. The molecule has 0 radical (unpaired) electrons. The van der Waals surface area contributed by atoms with Crippen molar-refractivity contribution in [1.29, 1.82) is 0 Å². The SMILES string of the molecule is COCC(=O)N1CCCC[C@@H]1c1cc2nc(-c3cccs3)cc(C(F)(F)F)n2n1. The maximum absolute atomic E-state index is 13.7. The quantitative estimate of drug-likeness (QED) is 0.631. The first kappa shape index (κ1) is 19.8. The zero-order valence-corrected chi connectivity index (χ0v) is 16.5. The van der Waals surface area contributed by atoms with E-state index in [1.165, 1.54) is 18.4 Å². The van der Waals surface area contributed by atoms with Crippen LogP contribution in [-0.4, -0.2) is 45.7 Å². The molecule has 0 spiro atoms. The van der Waals surface area contributed by atoms with E-state index in [4.69, 9.17) is 4.74 Å². The van der Waals surface area contributed by atoms with Gasteiger partial charge in [0.2, 0.25) is 5.91 Å². The van der Waals surface area contributed by atoms with Crippen LogP contribution in [0.2, 0.25) is 0 Å². The molecule has 0 N–H and O–H groups in total. The Morgan fingerprint density at radius 1 is 1.34 bits per heavy atom. The largest absolute Gasteiger partial charge is 0.433 e. The van der Waals surface area contributed by atoms with Crippen LogP contribution in [0.5, 0.6) is 0 Å². The zero-order valence-electron chi connectivity index (χ0n) is 15.6. The number of piperidine rings is 1. The summed E-state index contributed by atoms with van der Waals surface area (Å²) in [5.74, 6) is -0.197. The number of aromatic nitrogens is 3. The van der Waals surface area contributed by atoms with E-state index in [1.54, 1.807) is 28.5 Å². The minimum Gasteiger partial charge on any atom is -0.375 e. The number of halogens is 3. The predicted molar refractivity (Wildman–Crippen MR) is 101 cm³/mol. The summed E-state index contributed by atoms with van der Waals surface area (Å²) in [5, 5.41) is 6.01. The number of alkyl halides is 3. The molecule has 29 heavy (non-hydrogen) atoms. The van der Waals surface area contributed by atoms with Gasteiger partial charge in [-0.05, 0) is 36.8 Å². The summed E-state index contributed by atoms with van der Waals surface area (Å²) in [6.45, 7) is 0.458. The summed E-state index contributed by atoms with van der Waals surface area (Å²) in [7, 11) is 1.44. The van der Waals surface area contributed by atoms with Crippen LogP contribution < -0.4 is 0 Å². The first-order valence-electron chi connectivity index (χ1n) is 9.18. The van der Waals surface area contributed by atoms with Gasteiger partial charge >= 0.3 is 6.18 Å². The summed E-state index contributed by atoms with van der Waals surface area (Å²) < 4.78 is 47.0. The van der Waals surface area contributed by atoms with E-state index >= 15 is 0 Å². The lowest BCUT2D eigenvalue weighted by molar-refractivity contribution is -0.143. The topological polar surface area (TPSA) is 59.7 Å². The van der Waals surface area contributed by atoms with Crippen LogP contribution in [0.15, 0.2) is 29.6 Å². The van der Waals surface area contributed by atoms with E-state index in [0.29, 0.717) is 23.5 Å². The van der Waals surface area contributed by atoms with Gasteiger partial charge in [0.05, 0.1) is 22.3 Å². The Bertz CT molecular complexity index is 1020. The molecule has 1 saturated heterocycles. The second-order valence-electron chi connectivity index (χ2n) is 6.87. The Balaban J connectivity index is 1.81. The van der Waals surface area contributed by atoms with Crippen LogP contribution in [0.4, 0.5) is 13.2 Å². The number of carbonyl (C=O) groups is 1. The molecule has 10 heteroatoms. The van der Waals surface area contributed by atoms with Crippen molar-refractivity contribution in [3.8, 4) is 10.6 Å². The average molecular weight is 424 g/mol. The second kappa shape index (κ2) is 7.75. The van der Waals surface area contributed by atoms with Crippen molar-refractivity contribution in [2.75, 3.05) is 20.3 Å². The number of methoxy groups -OCH3 is 1. The molecule has 6 nitrogen and oxygen atoms in total. The Labute approximate surface area is 168 Å². The number of hydrogen-bond acceptors (Lipinski definition) is 5. The lowest BCUT2D eigenvalue weighted by atomic mass is 9.99. The van der Waals surface area contributed by atoms with Crippen LogP contribution in [0.1, 0.15) is 36.7 Å². The standard InChI is InChI=1S/C19H19F3N4O2S/c1-28-11-18(27)25-7-3-2-5-14(25)12-10-17-23-13(15-6-4-8-29-15)9-16(19(20,21)22)26(17)24-12/h4,6,8-10,14H,2-3,5,7,11H2,1H3/t14-/m1/s1. The van der Waals surface area contributed by atoms with Crippen molar-refractivity contribution >= 4 is 22.9 Å². The van der Waals surface area contributed by atoms with Gasteiger partial charge in [-0.25, -0.2) is 9.50 Å². The monoisotopic (exact) mass is 424 g/mol. The maximum Gasteiger partial charge on any atom is 0.433 e. The molecule has 3 aromatic rings. The highest BCUT2D eigenvalue weighted by Crippen LogP contribution is 2.36. The fraction of sp³-hybridized carbons (Fsp3) is 0.421. The van der Waals surface area contributed by atoms with Crippen LogP contribution in [0.25, 0.3) is 16.2 Å². The number of amides is 1. The van der Waals surface area contributed by atoms with Crippen molar-refractivity contribution in [3.05, 3.63) is 41.0 Å². The first-order valence-corrected chi connectivity index (χ1v) is 10.1. The number of thiophene rings is 1. The fourth-order valence-electron chi connectivity index (χ4n) is 3.65. The number of carbonyl (C=O) groups excluding carboxylic acids is 1. The Morgan fingerprint density at radius 2 is 2.17 bits per heavy atom. The molecule has 3 aromatic heterocycles. The normalized spacial score (nSPS) is 17.8. The number of likely N-dealkylation sites (tertiary alicyclic amines) is 1. The summed E-state index contributed by atoms with van der Waals surface area (Å²) in [4.78, 5) is 19.1. The summed E-state index contributed by atoms with van der Waals surface area (Å²) >= 11 is 1.32. The summed E-state index contributed by atoms with van der Waals surface area (Å²) in [6, 6.07) is 5.68. The molecule has 0 aromatic carbocycles. The predicted octanol–water partition coefficient (Wildman–Crippen LogP) is 4.18. The first-order chi connectivity index (χ1) is 13.9. The molecule has 1 amide bonds. The number of nitrogens with zero attached hydrogens (tertiary/aromatic N) is 4. The van der Waals surface area contributed by atoms with Gasteiger partial charge in [-0.15, -0.1) is 11.3 Å². The van der Waals surface area contributed by atoms with Crippen molar-refractivity contribution in [2.45, 2.75) is 31.5 Å². The van der Waals surface area contributed by atoms with Crippen molar-refractivity contribution in [2.24, 2.45) is 0 Å². The van der Waals surface area contributed by atoms with Gasteiger partial charge in [0.15, 0.2) is 11.3 Å². The Kier molecular flexibility index (Phi) is 5.30. The minimum atomic E-state index is -4.59. The third-order valence-corrected chi connectivity index (χ3v) is 5.83. The van der Waals surface area contributed by atoms with Crippen LogP contribution in [0.3, 0.4) is 0 Å². The molecule has 0 unspecified atom stereocenters. The molecule has 0 aliphatic carbocycles. The van der Waals surface area contributed by atoms with Crippen molar-refractivity contribution in [1.82, 2.24) is 19.5 Å². The van der Waals surface area contributed by atoms with Gasteiger partial charge in [0.25, 0.3) is 0 Å². The van der Waals surface area contributed by atoms with Crippen LogP contribution in [-0.2, 0) is 15.7 Å². The molecule has 1 aliphatic rings. The van der Waals surface area contributed by atoms with E-state index in [2.05, 4.69) is 10.1 Å². The molecular weight excluding hydrogens is 405 g/mol. The average Bonchev–Trinajstić information content (AvgIpc) is 3.36. The van der Waals surface area contributed by atoms with E-state index in [9.17, 15) is 18.0 Å².